The fourth-order valence-electron chi connectivity index (χ4n) is 2.28. The average molecular weight is 280 g/mol. The number of nitrogens with one attached hydrogen (secondary N) is 1. The molecule has 0 saturated heterocycles. The zero-order valence-electron chi connectivity index (χ0n) is 11.9. The number of halogens is 1. The van der Waals surface area contributed by atoms with E-state index in [0.29, 0.717) is 12.1 Å². The van der Waals surface area contributed by atoms with Crippen LogP contribution in [0.3, 0.4) is 0 Å². The lowest BCUT2D eigenvalue weighted by Gasteiger charge is -2.25. The summed E-state index contributed by atoms with van der Waals surface area (Å²) in [5, 5.41) is 11.9. The van der Waals surface area contributed by atoms with E-state index < -0.39 is 0 Å². The summed E-state index contributed by atoms with van der Waals surface area (Å²) >= 11 is 0. The summed E-state index contributed by atoms with van der Waals surface area (Å²) in [7, 11) is 1.64. The first-order valence-corrected chi connectivity index (χ1v) is 6.87. The van der Waals surface area contributed by atoms with Crippen LogP contribution in [0.5, 0.6) is 0 Å². The molecule has 0 aliphatic heterocycles. The zero-order chi connectivity index (χ0) is 14.8. The van der Waals surface area contributed by atoms with Crippen molar-refractivity contribution in [1.29, 1.82) is 0 Å². The van der Waals surface area contributed by atoms with Crippen molar-refractivity contribution in [3.63, 3.8) is 0 Å². The average Bonchev–Trinajstić information content (AvgIpc) is 3.24. The predicted molar refractivity (Wildman–Crippen MR) is 75.0 cm³/mol. The zero-order valence-corrected chi connectivity index (χ0v) is 11.9. The van der Waals surface area contributed by atoms with Crippen LogP contribution in [0.25, 0.3) is 0 Å². The first kappa shape index (κ1) is 14.8. The largest absolute Gasteiger partial charge is 0.394 e. The highest BCUT2D eigenvalue weighted by Crippen LogP contribution is 2.48. The van der Waals surface area contributed by atoms with Gasteiger partial charge in [0.05, 0.1) is 12.6 Å². The summed E-state index contributed by atoms with van der Waals surface area (Å²) in [4.78, 5) is 13.4. The SMILES string of the molecule is CC(CO)N(C)C(=O)NCC1(c2ccccc2F)CC1. The molecule has 2 amide bonds. The van der Waals surface area contributed by atoms with Crippen molar-refractivity contribution in [2.45, 2.75) is 31.2 Å². The van der Waals surface area contributed by atoms with Gasteiger partial charge in [0.1, 0.15) is 5.82 Å². The van der Waals surface area contributed by atoms with Gasteiger partial charge < -0.3 is 15.3 Å². The number of benzene rings is 1. The summed E-state index contributed by atoms with van der Waals surface area (Å²) in [5.41, 5.74) is 0.419. The Morgan fingerprint density at radius 2 is 2.15 bits per heavy atom. The number of amides is 2. The number of carbonyl (C=O) groups is 1. The van der Waals surface area contributed by atoms with E-state index in [0.717, 1.165) is 12.8 Å². The van der Waals surface area contributed by atoms with Crippen LogP contribution >= 0.6 is 0 Å². The number of aliphatic hydroxyl groups is 1. The van der Waals surface area contributed by atoms with Crippen LogP contribution in [0.1, 0.15) is 25.3 Å². The Morgan fingerprint density at radius 3 is 2.70 bits per heavy atom. The normalized spacial score (nSPS) is 17.4. The monoisotopic (exact) mass is 280 g/mol. The summed E-state index contributed by atoms with van der Waals surface area (Å²) < 4.78 is 13.8. The Labute approximate surface area is 118 Å². The number of nitrogens with zero attached hydrogens (tertiary/aromatic N) is 1. The van der Waals surface area contributed by atoms with Crippen molar-refractivity contribution in [2.75, 3.05) is 20.2 Å². The van der Waals surface area contributed by atoms with Crippen molar-refractivity contribution in [3.8, 4) is 0 Å². The molecule has 0 radical (unpaired) electrons. The molecular weight excluding hydrogens is 259 g/mol. The fourth-order valence-corrected chi connectivity index (χ4v) is 2.28. The van der Waals surface area contributed by atoms with Crippen LogP contribution in [0.4, 0.5) is 9.18 Å². The molecule has 2 rings (SSSR count). The Kier molecular flexibility index (Phi) is 4.28. The number of likely N-dealkylation sites (N-methyl/N-ethyl adjacent to an activating group) is 1. The minimum Gasteiger partial charge on any atom is -0.394 e. The van der Waals surface area contributed by atoms with E-state index >= 15 is 0 Å². The molecule has 0 heterocycles. The molecular formula is C15H21FN2O2. The summed E-state index contributed by atoms with van der Waals surface area (Å²) in [6.45, 7) is 2.11. The van der Waals surface area contributed by atoms with Crippen LogP contribution < -0.4 is 5.32 Å². The van der Waals surface area contributed by atoms with Gasteiger partial charge >= 0.3 is 6.03 Å². The van der Waals surface area contributed by atoms with Crippen LogP contribution in [-0.4, -0.2) is 42.3 Å². The molecule has 1 aliphatic carbocycles. The first-order valence-electron chi connectivity index (χ1n) is 6.87. The third-order valence-electron chi connectivity index (χ3n) is 4.12. The third-order valence-corrected chi connectivity index (χ3v) is 4.12. The van der Waals surface area contributed by atoms with Crippen LogP contribution in [-0.2, 0) is 5.41 Å². The van der Waals surface area contributed by atoms with E-state index in [1.54, 1.807) is 26.1 Å². The number of rotatable bonds is 5. The van der Waals surface area contributed by atoms with Crippen LogP contribution in [0.2, 0.25) is 0 Å². The minimum absolute atomic E-state index is 0.0810. The van der Waals surface area contributed by atoms with Gasteiger partial charge in [-0.15, -0.1) is 0 Å². The summed E-state index contributed by atoms with van der Waals surface area (Å²) in [5.74, 6) is -0.212. The van der Waals surface area contributed by atoms with Gasteiger partial charge in [0, 0.05) is 19.0 Å². The third kappa shape index (κ3) is 2.93. The molecule has 0 spiro atoms. The Morgan fingerprint density at radius 1 is 1.50 bits per heavy atom. The quantitative estimate of drug-likeness (QED) is 0.865. The molecule has 0 bridgehead atoms. The second kappa shape index (κ2) is 5.79. The van der Waals surface area contributed by atoms with Crippen molar-refractivity contribution in [2.24, 2.45) is 0 Å². The van der Waals surface area contributed by atoms with E-state index in [-0.39, 0.29) is 29.9 Å². The van der Waals surface area contributed by atoms with Crippen molar-refractivity contribution in [1.82, 2.24) is 10.2 Å². The molecule has 0 aromatic heterocycles. The minimum atomic E-state index is -0.260. The van der Waals surface area contributed by atoms with Crippen molar-refractivity contribution in [3.05, 3.63) is 35.6 Å². The lowest BCUT2D eigenvalue weighted by atomic mass is 9.95. The molecule has 1 unspecified atom stereocenters. The fraction of sp³-hybridized carbons (Fsp3) is 0.533. The van der Waals surface area contributed by atoms with Gasteiger partial charge in [-0.2, -0.15) is 0 Å². The molecule has 4 nitrogen and oxygen atoms in total. The number of carbonyl (C=O) groups excluding carboxylic acids is 1. The van der Waals surface area contributed by atoms with Crippen LogP contribution in [0.15, 0.2) is 24.3 Å². The molecule has 1 aromatic carbocycles. The lowest BCUT2D eigenvalue weighted by molar-refractivity contribution is 0.157. The second-order valence-electron chi connectivity index (χ2n) is 5.56. The first-order chi connectivity index (χ1) is 9.50. The second-order valence-corrected chi connectivity index (χ2v) is 5.56. The van der Waals surface area contributed by atoms with E-state index in [1.165, 1.54) is 11.0 Å². The smallest absolute Gasteiger partial charge is 0.317 e. The van der Waals surface area contributed by atoms with E-state index in [4.69, 9.17) is 5.11 Å². The molecule has 1 atom stereocenters. The molecule has 1 fully saturated rings. The number of hydrogen-bond acceptors (Lipinski definition) is 2. The van der Waals surface area contributed by atoms with E-state index in [1.807, 2.05) is 6.07 Å². The molecule has 20 heavy (non-hydrogen) atoms. The van der Waals surface area contributed by atoms with Gasteiger partial charge in [-0.3, -0.25) is 0 Å². The molecule has 1 aromatic rings. The maximum Gasteiger partial charge on any atom is 0.317 e. The number of aliphatic hydroxyl groups excluding tert-OH is 1. The van der Waals surface area contributed by atoms with E-state index in [2.05, 4.69) is 5.32 Å². The summed E-state index contributed by atoms with van der Waals surface area (Å²) in [6, 6.07) is 6.25. The lowest BCUT2D eigenvalue weighted by Crippen LogP contribution is -2.46. The van der Waals surface area contributed by atoms with Crippen molar-refractivity contribution >= 4 is 6.03 Å². The highest BCUT2D eigenvalue weighted by atomic mass is 19.1. The Bertz CT molecular complexity index is 489. The Balaban J connectivity index is 1.98. The molecule has 1 aliphatic rings. The summed E-state index contributed by atoms with van der Waals surface area (Å²) in [6.07, 6.45) is 1.76. The highest BCUT2D eigenvalue weighted by Gasteiger charge is 2.46. The Hall–Kier alpha value is -1.62. The van der Waals surface area contributed by atoms with E-state index in [9.17, 15) is 9.18 Å². The maximum atomic E-state index is 13.8. The predicted octanol–water partition coefficient (Wildman–Crippen LogP) is 1.88. The van der Waals surface area contributed by atoms with Gasteiger partial charge in [0.2, 0.25) is 0 Å². The van der Waals surface area contributed by atoms with Gasteiger partial charge in [0.25, 0.3) is 0 Å². The molecule has 2 N–H and O–H groups in total. The molecule has 5 heteroatoms. The topological polar surface area (TPSA) is 52.6 Å². The molecule has 110 valence electrons. The van der Waals surface area contributed by atoms with Gasteiger partial charge in [-0.25, -0.2) is 9.18 Å². The molecule has 1 saturated carbocycles. The van der Waals surface area contributed by atoms with Crippen LogP contribution in [0, 0.1) is 5.82 Å². The van der Waals surface area contributed by atoms with Gasteiger partial charge in [-0.05, 0) is 31.4 Å². The standard InChI is InChI=1S/C15H21FN2O2/c1-11(9-19)18(2)14(20)17-10-15(7-8-15)12-5-3-4-6-13(12)16/h3-6,11,19H,7-10H2,1-2H3,(H,17,20). The van der Waals surface area contributed by atoms with Crippen molar-refractivity contribution < 1.29 is 14.3 Å². The highest BCUT2D eigenvalue weighted by molar-refractivity contribution is 5.74. The number of urea groups is 1. The maximum absolute atomic E-state index is 13.8. The van der Waals surface area contributed by atoms with Gasteiger partial charge in [0.15, 0.2) is 0 Å². The number of hydrogen-bond donors (Lipinski definition) is 2. The van der Waals surface area contributed by atoms with Gasteiger partial charge in [-0.1, -0.05) is 18.2 Å².